The highest BCUT2D eigenvalue weighted by molar-refractivity contribution is 6.30. The largest absolute Gasteiger partial charge is 0.497 e. The van der Waals surface area contributed by atoms with Gasteiger partial charge in [-0.2, -0.15) is 0 Å². The van der Waals surface area contributed by atoms with Gasteiger partial charge in [0.2, 0.25) is 5.91 Å². The Morgan fingerprint density at radius 1 is 1.00 bits per heavy atom. The minimum Gasteiger partial charge on any atom is -0.497 e. The number of halogens is 1. The number of rotatable bonds is 6. The molecule has 0 spiro atoms. The maximum Gasteiger partial charge on any atom is 0.253 e. The van der Waals surface area contributed by atoms with Crippen LogP contribution in [0.3, 0.4) is 0 Å². The molecule has 4 rings (SSSR count). The summed E-state index contributed by atoms with van der Waals surface area (Å²) in [7, 11) is 1.65. The van der Waals surface area contributed by atoms with Crippen LogP contribution in [0, 0.1) is 5.92 Å². The van der Waals surface area contributed by atoms with E-state index in [1.807, 2.05) is 34.1 Å². The zero-order valence-electron chi connectivity index (χ0n) is 17.2. The lowest BCUT2D eigenvalue weighted by molar-refractivity contribution is -0.138. The summed E-state index contributed by atoms with van der Waals surface area (Å²) in [6.07, 6.45) is 3.58. The first-order valence-electron chi connectivity index (χ1n) is 10.5. The standard InChI is InChI=1S/C24H27ClN2O3/c1-30-22-10-2-17(3-11-22)16-27(21-8-9-21)24(29)19-12-14-26(15-13-19)23(28)18-4-6-20(25)7-5-18/h2-7,10-11,19,21H,8-9,12-16H2,1H3. The van der Waals surface area contributed by atoms with E-state index in [0.29, 0.717) is 49.1 Å². The van der Waals surface area contributed by atoms with Crippen molar-refractivity contribution in [3.8, 4) is 5.75 Å². The van der Waals surface area contributed by atoms with Gasteiger partial charge in [0, 0.05) is 42.2 Å². The van der Waals surface area contributed by atoms with Crippen molar-refractivity contribution >= 4 is 23.4 Å². The van der Waals surface area contributed by atoms with Crippen molar-refractivity contribution in [1.29, 1.82) is 0 Å². The molecule has 0 N–H and O–H groups in total. The van der Waals surface area contributed by atoms with Crippen LogP contribution in [0.15, 0.2) is 48.5 Å². The zero-order chi connectivity index (χ0) is 21.1. The van der Waals surface area contributed by atoms with Crippen molar-refractivity contribution < 1.29 is 14.3 Å². The molecule has 0 radical (unpaired) electrons. The molecule has 0 unspecified atom stereocenters. The molecule has 2 fully saturated rings. The molecule has 2 amide bonds. The number of likely N-dealkylation sites (tertiary alicyclic amines) is 1. The molecule has 1 heterocycles. The minimum absolute atomic E-state index is 0.00912. The van der Waals surface area contributed by atoms with E-state index in [1.165, 1.54) is 0 Å². The molecule has 0 aromatic heterocycles. The summed E-state index contributed by atoms with van der Waals surface area (Å²) in [5.41, 5.74) is 1.76. The number of carbonyl (C=O) groups excluding carboxylic acids is 2. The molecule has 5 nitrogen and oxygen atoms in total. The zero-order valence-corrected chi connectivity index (χ0v) is 18.0. The van der Waals surface area contributed by atoms with Gasteiger partial charge in [0.25, 0.3) is 5.91 Å². The van der Waals surface area contributed by atoms with Crippen LogP contribution >= 0.6 is 11.6 Å². The number of benzene rings is 2. The van der Waals surface area contributed by atoms with Crippen LogP contribution in [0.1, 0.15) is 41.6 Å². The smallest absolute Gasteiger partial charge is 0.253 e. The summed E-state index contributed by atoms with van der Waals surface area (Å²) < 4.78 is 5.22. The van der Waals surface area contributed by atoms with Crippen LogP contribution in [-0.2, 0) is 11.3 Å². The van der Waals surface area contributed by atoms with Crippen molar-refractivity contribution in [1.82, 2.24) is 9.80 Å². The summed E-state index contributed by atoms with van der Waals surface area (Å²) in [6.45, 7) is 1.86. The van der Waals surface area contributed by atoms with E-state index in [1.54, 1.807) is 31.4 Å². The van der Waals surface area contributed by atoms with Gasteiger partial charge < -0.3 is 14.5 Å². The van der Waals surface area contributed by atoms with Gasteiger partial charge in [-0.15, -0.1) is 0 Å². The van der Waals surface area contributed by atoms with Crippen LogP contribution < -0.4 is 4.74 Å². The van der Waals surface area contributed by atoms with Gasteiger partial charge in [-0.1, -0.05) is 23.7 Å². The second-order valence-corrected chi connectivity index (χ2v) is 8.56. The summed E-state index contributed by atoms with van der Waals surface area (Å²) >= 11 is 5.92. The predicted molar refractivity (Wildman–Crippen MR) is 117 cm³/mol. The number of nitrogens with zero attached hydrogens (tertiary/aromatic N) is 2. The van der Waals surface area contributed by atoms with E-state index in [2.05, 4.69) is 0 Å². The Labute approximate surface area is 182 Å². The van der Waals surface area contributed by atoms with Gasteiger partial charge in [0.15, 0.2) is 0 Å². The Bertz CT molecular complexity index is 886. The van der Waals surface area contributed by atoms with Crippen molar-refractivity contribution in [2.75, 3.05) is 20.2 Å². The fourth-order valence-electron chi connectivity index (χ4n) is 4.04. The van der Waals surface area contributed by atoms with Crippen LogP contribution in [0.5, 0.6) is 5.75 Å². The molecule has 2 aromatic carbocycles. The Hall–Kier alpha value is -2.53. The number of hydrogen-bond donors (Lipinski definition) is 0. The highest BCUT2D eigenvalue weighted by Crippen LogP contribution is 2.32. The fourth-order valence-corrected chi connectivity index (χ4v) is 4.17. The lowest BCUT2D eigenvalue weighted by Crippen LogP contribution is -2.44. The van der Waals surface area contributed by atoms with E-state index < -0.39 is 0 Å². The van der Waals surface area contributed by atoms with E-state index in [9.17, 15) is 9.59 Å². The summed E-state index contributed by atoms with van der Waals surface area (Å²) in [4.78, 5) is 29.9. The van der Waals surface area contributed by atoms with Gasteiger partial charge in [0.05, 0.1) is 7.11 Å². The topological polar surface area (TPSA) is 49.9 Å². The molecule has 2 aromatic rings. The molecule has 0 atom stereocenters. The van der Waals surface area contributed by atoms with Gasteiger partial charge in [-0.25, -0.2) is 0 Å². The summed E-state index contributed by atoms with van der Waals surface area (Å²) in [5, 5.41) is 0.618. The molecule has 1 aliphatic heterocycles. The monoisotopic (exact) mass is 426 g/mol. The molecule has 30 heavy (non-hydrogen) atoms. The van der Waals surface area contributed by atoms with Crippen LogP contribution in [0.25, 0.3) is 0 Å². The molecule has 2 aliphatic rings. The van der Waals surface area contributed by atoms with Crippen molar-refractivity contribution in [2.24, 2.45) is 5.92 Å². The molecule has 1 saturated carbocycles. The first-order valence-corrected chi connectivity index (χ1v) is 10.9. The van der Waals surface area contributed by atoms with E-state index in [4.69, 9.17) is 16.3 Å². The van der Waals surface area contributed by atoms with E-state index in [0.717, 1.165) is 24.2 Å². The molecule has 0 bridgehead atoms. The SMILES string of the molecule is COc1ccc(CN(C(=O)C2CCN(C(=O)c3ccc(Cl)cc3)CC2)C2CC2)cc1. The Morgan fingerprint density at radius 3 is 2.20 bits per heavy atom. The van der Waals surface area contributed by atoms with Crippen molar-refractivity contribution in [3.63, 3.8) is 0 Å². The quantitative estimate of drug-likeness (QED) is 0.688. The molecule has 6 heteroatoms. The Morgan fingerprint density at radius 2 is 1.63 bits per heavy atom. The van der Waals surface area contributed by atoms with Crippen LogP contribution in [0.4, 0.5) is 0 Å². The number of methoxy groups -OCH3 is 1. The van der Waals surface area contributed by atoms with Gasteiger partial charge >= 0.3 is 0 Å². The average Bonchev–Trinajstić information content (AvgIpc) is 3.63. The highest BCUT2D eigenvalue weighted by Gasteiger charge is 2.37. The number of hydrogen-bond acceptors (Lipinski definition) is 3. The normalized spacial score (nSPS) is 16.9. The lowest BCUT2D eigenvalue weighted by Gasteiger charge is -2.34. The number of piperidine rings is 1. The number of ether oxygens (including phenoxy) is 1. The minimum atomic E-state index is -0.0156. The number of amides is 2. The predicted octanol–water partition coefficient (Wildman–Crippen LogP) is 4.39. The number of carbonyl (C=O) groups is 2. The maximum atomic E-state index is 13.3. The third-order valence-electron chi connectivity index (χ3n) is 6.01. The summed E-state index contributed by atoms with van der Waals surface area (Å²) in [5.74, 6) is 1.04. The fraction of sp³-hybridized carbons (Fsp3) is 0.417. The average molecular weight is 427 g/mol. The van der Waals surface area contributed by atoms with Gasteiger partial charge in [-0.05, 0) is 67.6 Å². The van der Waals surface area contributed by atoms with E-state index in [-0.39, 0.29) is 17.7 Å². The van der Waals surface area contributed by atoms with Gasteiger partial charge in [-0.3, -0.25) is 9.59 Å². The van der Waals surface area contributed by atoms with Crippen molar-refractivity contribution in [2.45, 2.75) is 38.3 Å². The molecule has 1 saturated heterocycles. The second-order valence-electron chi connectivity index (χ2n) is 8.12. The molecule has 1 aliphatic carbocycles. The lowest BCUT2D eigenvalue weighted by atomic mass is 9.94. The molecular formula is C24H27ClN2O3. The Kier molecular flexibility index (Phi) is 6.28. The van der Waals surface area contributed by atoms with Crippen molar-refractivity contribution in [3.05, 3.63) is 64.7 Å². The van der Waals surface area contributed by atoms with Crippen LogP contribution in [0.2, 0.25) is 5.02 Å². The second kappa shape index (κ2) is 9.09. The molecule has 158 valence electrons. The Balaban J connectivity index is 1.36. The first-order chi connectivity index (χ1) is 14.5. The summed E-state index contributed by atoms with van der Waals surface area (Å²) in [6, 6.07) is 15.3. The van der Waals surface area contributed by atoms with E-state index >= 15 is 0 Å². The third kappa shape index (κ3) is 4.78. The van der Waals surface area contributed by atoms with Crippen LogP contribution in [-0.4, -0.2) is 47.9 Å². The first kappa shape index (κ1) is 20.7. The van der Waals surface area contributed by atoms with Gasteiger partial charge in [0.1, 0.15) is 5.75 Å². The molecular weight excluding hydrogens is 400 g/mol. The highest BCUT2D eigenvalue weighted by atomic mass is 35.5. The third-order valence-corrected chi connectivity index (χ3v) is 6.26. The maximum absolute atomic E-state index is 13.3.